The molecule has 0 radical (unpaired) electrons. The molecule has 0 aromatic heterocycles. The maximum Gasteiger partial charge on any atom is 0.439 e. The fourth-order valence-corrected chi connectivity index (χ4v) is 3.33. The number of carbonyl (C=O) groups is 1. The van der Waals surface area contributed by atoms with Crippen LogP contribution in [0.5, 0.6) is 0 Å². The molecule has 3 unspecified atom stereocenters. The van der Waals surface area contributed by atoms with Crippen molar-refractivity contribution in [3.8, 4) is 0 Å². The molecule has 0 bridgehead atoms. The van der Waals surface area contributed by atoms with Gasteiger partial charge in [-0.3, -0.25) is 4.79 Å². The molecule has 1 aromatic rings. The number of fused-ring (bicyclic) bond motifs is 1. The van der Waals surface area contributed by atoms with E-state index >= 15 is 0 Å². The van der Waals surface area contributed by atoms with Crippen molar-refractivity contribution < 1.29 is 28.2 Å². The van der Waals surface area contributed by atoms with Gasteiger partial charge in [-0.2, -0.15) is 23.3 Å². The lowest BCUT2D eigenvalue weighted by Gasteiger charge is -2.38. The molecule has 1 heterocycles. The van der Waals surface area contributed by atoms with Crippen LogP contribution in [-0.2, 0) is 4.79 Å². The highest BCUT2D eigenvalue weighted by Gasteiger charge is 2.68. The molecule has 0 saturated heterocycles. The van der Waals surface area contributed by atoms with Crippen molar-refractivity contribution in [1.29, 1.82) is 0 Å². The van der Waals surface area contributed by atoms with Crippen molar-refractivity contribution in [1.82, 2.24) is 5.01 Å². The second-order valence-corrected chi connectivity index (χ2v) is 6.08. The van der Waals surface area contributed by atoms with E-state index in [2.05, 4.69) is 5.10 Å². The van der Waals surface area contributed by atoms with E-state index in [1.807, 2.05) is 0 Å². The Kier molecular flexibility index (Phi) is 4.13. The molecule has 2 aliphatic rings. The molecule has 1 aliphatic heterocycles. The van der Waals surface area contributed by atoms with Gasteiger partial charge in [0, 0.05) is 5.71 Å². The van der Waals surface area contributed by atoms with Crippen molar-refractivity contribution in [2.45, 2.75) is 43.7 Å². The Morgan fingerprint density at radius 2 is 1.96 bits per heavy atom. The van der Waals surface area contributed by atoms with Gasteiger partial charge in [0.1, 0.15) is 0 Å². The van der Waals surface area contributed by atoms with Crippen LogP contribution in [0.15, 0.2) is 35.4 Å². The average Bonchev–Trinajstić information content (AvgIpc) is 2.89. The topological polar surface area (TPSA) is 73.1 Å². The second-order valence-electron chi connectivity index (χ2n) is 6.08. The molecule has 1 amide bonds. The van der Waals surface area contributed by atoms with Crippen LogP contribution < -0.4 is 0 Å². The number of benzene rings is 1. The van der Waals surface area contributed by atoms with Gasteiger partial charge in [-0.05, 0) is 24.8 Å². The number of alkyl halides is 3. The zero-order chi connectivity index (χ0) is 17.5. The third kappa shape index (κ3) is 2.50. The van der Waals surface area contributed by atoms with Gasteiger partial charge >= 0.3 is 6.18 Å². The summed E-state index contributed by atoms with van der Waals surface area (Å²) in [5.74, 6) is -2.57. The number of nitrogens with zero attached hydrogens (tertiary/aromatic N) is 2. The Morgan fingerprint density at radius 3 is 2.58 bits per heavy atom. The van der Waals surface area contributed by atoms with Crippen LogP contribution in [0.1, 0.15) is 37.4 Å². The van der Waals surface area contributed by atoms with E-state index in [1.165, 1.54) is 12.1 Å². The fourth-order valence-electron chi connectivity index (χ4n) is 3.33. The van der Waals surface area contributed by atoms with E-state index in [1.54, 1.807) is 18.2 Å². The summed E-state index contributed by atoms with van der Waals surface area (Å²) in [6.45, 7) is 0. The van der Waals surface area contributed by atoms with Gasteiger partial charge in [0.25, 0.3) is 11.6 Å². The Morgan fingerprint density at radius 1 is 1.29 bits per heavy atom. The third-order valence-electron chi connectivity index (χ3n) is 4.59. The molecule has 1 fully saturated rings. The van der Waals surface area contributed by atoms with Crippen LogP contribution in [-0.4, -0.2) is 38.7 Å². The number of aliphatic hydroxyl groups is 2. The maximum absolute atomic E-state index is 13.6. The summed E-state index contributed by atoms with van der Waals surface area (Å²) < 4.78 is 40.8. The van der Waals surface area contributed by atoms with Crippen LogP contribution in [0.2, 0.25) is 0 Å². The quantitative estimate of drug-likeness (QED) is 0.867. The Bertz CT molecular complexity index is 662. The van der Waals surface area contributed by atoms with Gasteiger partial charge in [0.15, 0.2) is 6.10 Å². The zero-order valence-electron chi connectivity index (χ0n) is 12.7. The van der Waals surface area contributed by atoms with Crippen LogP contribution in [0, 0.1) is 5.92 Å². The predicted molar refractivity (Wildman–Crippen MR) is 78.6 cm³/mol. The first kappa shape index (κ1) is 16.9. The predicted octanol–water partition coefficient (Wildman–Crippen LogP) is 2.36. The minimum absolute atomic E-state index is 0.0377. The van der Waals surface area contributed by atoms with Gasteiger partial charge in [-0.15, -0.1) is 0 Å². The van der Waals surface area contributed by atoms with E-state index in [0.717, 1.165) is 0 Å². The number of carbonyl (C=O) groups excluding carboxylic acids is 1. The number of hydrazone groups is 1. The van der Waals surface area contributed by atoms with Gasteiger partial charge < -0.3 is 10.2 Å². The standard InChI is InChI=1S/C16H17F3N2O3/c17-16(18,19)15(24)11-8-4-5-9-12(11)20-21(15)14(23)13(22)10-6-2-1-3-7-10/h1-3,6-7,11,13,22,24H,4-5,8-9H2. The first-order valence-corrected chi connectivity index (χ1v) is 7.70. The van der Waals surface area contributed by atoms with Crippen molar-refractivity contribution >= 4 is 11.6 Å². The summed E-state index contributed by atoms with van der Waals surface area (Å²) in [6.07, 6.45) is -5.33. The van der Waals surface area contributed by atoms with Gasteiger partial charge in [-0.1, -0.05) is 36.8 Å². The normalized spacial score (nSPS) is 28.3. The molecule has 3 rings (SSSR count). The molecular weight excluding hydrogens is 325 g/mol. The molecule has 130 valence electrons. The van der Waals surface area contributed by atoms with Crippen LogP contribution >= 0.6 is 0 Å². The summed E-state index contributed by atoms with van der Waals surface area (Å²) in [5, 5.41) is 24.3. The number of halogens is 3. The number of aliphatic hydroxyl groups excluding tert-OH is 1. The molecule has 1 saturated carbocycles. The smallest absolute Gasteiger partial charge is 0.378 e. The summed E-state index contributed by atoms with van der Waals surface area (Å²) in [6, 6.07) is 7.60. The Balaban J connectivity index is 1.98. The van der Waals surface area contributed by atoms with Crippen molar-refractivity contribution in [2.24, 2.45) is 11.0 Å². The van der Waals surface area contributed by atoms with Crippen molar-refractivity contribution in [3.05, 3.63) is 35.9 Å². The molecule has 3 atom stereocenters. The van der Waals surface area contributed by atoms with Crippen molar-refractivity contribution in [2.75, 3.05) is 0 Å². The first-order chi connectivity index (χ1) is 11.3. The summed E-state index contributed by atoms with van der Waals surface area (Å²) in [7, 11) is 0. The highest BCUT2D eigenvalue weighted by atomic mass is 19.4. The van der Waals surface area contributed by atoms with Gasteiger partial charge in [0.05, 0.1) is 5.92 Å². The highest BCUT2D eigenvalue weighted by Crippen LogP contribution is 2.48. The zero-order valence-corrected chi connectivity index (χ0v) is 12.7. The molecule has 8 heteroatoms. The SMILES string of the molecule is O=C(C(O)c1ccccc1)N1N=C2CCCCC2C1(O)C(F)(F)F. The van der Waals surface area contributed by atoms with Gasteiger partial charge in [0.2, 0.25) is 0 Å². The molecule has 1 aliphatic carbocycles. The van der Waals surface area contributed by atoms with E-state index in [0.29, 0.717) is 19.3 Å². The van der Waals surface area contributed by atoms with Crippen LogP contribution in [0.3, 0.4) is 0 Å². The highest BCUT2D eigenvalue weighted by molar-refractivity contribution is 5.94. The van der Waals surface area contributed by atoms with E-state index in [9.17, 15) is 28.2 Å². The lowest BCUT2D eigenvalue weighted by Crippen LogP contribution is -2.62. The number of rotatable bonds is 2. The van der Waals surface area contributed by atoms with E-state index < -0.39 is 29.8 Å². The van der Waals surface area contributed by atoms with Crippen LogP contribution in [0.25, 0.3) is 0 Å². The first-order valence-electron chi connectivity index (χ1n) is 7.70. The monoisotopic (exact) mass is 342 g/mol. The second kappa shape index (κ2) is 5.86. The lowest BCUT2D eigenvalue weighted by atomic mass is 9.80. The fraction of sp³-hybridized carbons (Fsp3) is 0.500. The molecule has 0 spiro atoms. The number of amides is 1. The Labute approximate surface area is 136 Å². The van der Waals surface area contributed by atoms with Crippen molar-refractivity contribution in [3.63, 3.8) is 0 Å². The molecule has 24 heavy (non-hydrogen) atoms. The average molecular weight is 342 g/mol. The summed E-state index contributed by atoms with van der Waals surface area (Å²) in [4.78, 5) is 12.5. The molecule has 5 nitrogen and oxygen atoms in total. The number of hydrogen-bond donors (Lipinski definition) is 2. The minimum Gasteiger partial charge on any atom is -0.378 e. The molecule has 2 N–H and O–H groups in total. The minimum atomic E-state index is -5.08. The molecular formula is C16H17F3N2O3. The van der Waals surface area contributed by atoms with Gasteiger partial charge in [-0.25, -0.2) is 0 Å². The number of hydrogen-bond acceptors (Lipinski definition) is 4. The Hall–Kier alpha value is -1.93. The lowest BCUT2D eigenvalue weighted by molar-refractivity contribution is -0.318. The maximum atomic E-state index is 13.6. The van der Waals surface area contributed by atoms with E-state index in [-0.39, 0.29) is 22.7 Å². The molecule has 1 aromatic carbocycles. The summed E-state index contributed by atoms with van der Waals surface area (Å²) >= 11 is 0. The largest absolute Gasteiger partial charge is 0.439 e. The summed E-state index contributed by atoms with van der Waals surface area (Å²) in [5.41, 5.74) is -3.10. The third-order valence-corrected chi connectivity index (χ3v) is 4.59. The van der Waals surface area contributed by atoms with Crippen LogP contribution in [0.4, 0.5) is 13.2 Å². The van der Waals surface area contributed by atoms with E-state index in [4.69, 9.17) is 0 Å².